The van der Waals surface area contributed by atoms with Gasteiger partial charge in [0.05, 0.1) is 0 Å². The zero-order chi connectivity index (χ0) is 32.3. The maximum Gasteiger partial charge on any atom is 0.411 e. The molecule has 0 unspecified atom stereocenters. The number of fused-ring (bicyclic) bond motifs is 1. The van der Waals surface area contributed by atoms with Crippen molar-refractivity contribution in [2.75, 3.05) is 64.7 Å². The van der Waals surface area contributed by atoms with E-state index >= 15 is 0 Å². The summed E-state index contributed by atoms with van der Waals surface area (Å²) in [7, 11) is 2.18. The summed E-state index contributed by atoms with van der Waals surface area (Å²) in [5.41, 5.74) is 1.94. The van der Waals surface area contributed by atoms with Crippen LogP contribution in [0.25, 0.3) is 0 Å². The Morgan fingerprint density at radius 2 is 1.70 bits per heavy atom. The van der Waals surface area contributed by atoms with E-state index in [9.17, 15) is 14.4 Å². The van der Waals surface area contributed by atoms with Gasteiger partial charge < -0.3 is 24.6 Å². The lowest BCUT2D eigenvalue weighted by Gasteiger charge is -2.57. The van der Waals surface area contributed by atoms with E-state index in [1.807, 2.05) is 41.3 Å². The summed E-state index contributed by atoms with van der Waals surface area (Å²) in [4.78, 5) is 51.1. The number of halogens is 2. The van der Waals surface area contributed by atoms with Crippen molar-refractivity contribution < 1.29 is 19.1 Å². The third-order valence-electron chi connectivity index (χ3n) is 10.4. The first-order valence-corrected chi connectivity index (χ1v) is 18.0. The number of aldehydes is 1. The van der Waals surface area contributed by atoms with Gasteiger partial charge in [-0.25, -0.2) is 9.59 Å². The van der Waals surface area contributed by atoms with Gasteiger partial charge in [0.15, 0.2) is 0 Å². The molecule has 6 rings (SSSR count). The number of hydrogen-bond acceptors (Lipinski definition) is 7. The summed E-state index contributed by atoms with van der Waals surface area (Å²) >= 11 is 7.03. The molecule has 0 saturated carbocycles. The summed E-state index contributed by atoms with van der Waals surface area (Å²) in [6.45, 7) is 6.57. The molecule has 0 bridgehead atoms. The molecule has 12 heteroatoms. The monoisotopic (exact) mass is 758 g/mol. The molecule has 10 nitrogen and oxygen atoms in total. The fourth-order valence-corrected chi connectivity index (χ4v) is 8.49. The third kappa shape index (κ3) is 7.16. The highest BCUT2D eigenvalue weighted by molar-refractivity contribution is 9.13. The lowest BCUT2D eigenvalue weighted by molar-refractivity contribution is -0.130. The standard InChI is InChI=1S/C34H44Br2N6O4/c1-38-13-9-27(10-14-38)39-17-19-40(20-18-39)34(12-21-43)23-28(41-15-8-26-4-2-3-5-31(26)37-32(41)44)11-16-42(34)33(45)46-24-25-6-7-29(35)30(36)22-25/h2-7,21-22,27-28H,8-20,23-24H2,1H3,(H,37,44)/t28-,34+/m1/s1. The molecule has 3 saturated heterocycles. The van der Waals surface area contributed by atoms with Crippen LogP contribution in [0.1, 0.15) is 43.2 Å². The van der Waals surface area contributed by atoms with Crippen molar-refractivity contribution in [1.82, 2.24) is 24.5 Å². The molecule has 2 aromatic rings. The van der Waals surface area contributed by atoms with Crippen LogP contribution in [-0.2, 0) is 22.6 Å². The van der Waals surface area contributed by atoms with Crippen LogP contribution in [0.4, 0.5) is 15.3 Å². The molecular formula is C34H44Br2N6O4. The number of rotatable bonds is 7. The van der Waals surface area contributed by atoms with Crippen molar-refractivity contribution in [2.24, 2.45) is 0 Å². The summed E-state index contributed by atoms with van der Waals surface area (Å²) < 4.78 is 7.76. The highest BCUT2D eigenvalue weighted by Gasteiger charge is 2.52. The number of benzene rings is 2. The number of likely N-dealkylation sites (tertiary alicyclic amines) is 2. The van der Waals surface area contributed by atoms with E-state index in [0.29, 0.717) is 32.0 Å². The number of carbonyl (C=O) groups excluding carboxylic acids is 3. The normalized spacial score (nSPS) is 25.5. The van der Waals surface area contributed by atoms with Gasteiger partial charge >= 0.3 is 12.1 Å². The fraction of sp³-hybridized carbons (Fsp3) is 0.559. The summed E-state index contributed by atoms with van der Waals surface area (Å²) in [5, 5.41) is 3.12. The summed E-state index contributed by atoms with van der Waals surface area (Å²) in [5.74, 6) is 0. The maximum absolute atomic E-state index is 14.0. The zero-order valence-corrected chi connectivity index (χ0v) is 29.7. The Labute approximate surface area is 288 Å². The van der Waals surface area contributed by atoms with Crippen LogP contribution in [0.15, 0.2) is 51.4 Å². The minimum atomic E-state index is -0.889. The predicted octanol–water partition coefficient (Wildman–Crippen LogP) is 5.40. The van der Waals surface area contributed by atoms with Crippen molar-refractivity contribution in [3.05, 3.63) is 62.5 Å². The molecule has 46 heavy (non-hydrogen) atoms. The first kappa shape index (κ1) is 33.4. The Morgan fingerprint density at radius 3 is 2.43 bits per heavy atom. The van der Waals surface area contributed by atoms with Crippen molar-refractivity contribution in [3.63, 3.8) is 0 Å². The van der Waals surface area contributed by atoms with Crippen molar-refractivity contribution in [1.29, 1.82) is 0 Å². The average Bonchev–Trinajstić information content (AvgIpc) is 3.23. The lowest BCUT2D eigenvalue weighted by Crippen LogP contribution is -2.71. The lowest BCUT2D eigenvalue weighted by atomic mass is 9.85. The smallest absolute Gasteiger partial charge is 0.411 e. The van der Waals surface area contributed by atoms with Gasteiger partial charge in [0.1, 0.15) is 18.6 Å². The number of hydrogen-bond donors (Lipinski definition) is 1. The Hall–Kier alpha value is -2.51. The third-order valence-corrected chi connectivity index (χ3v) is 12.3. The number of urea groups is 1. The Bertz CT molecular complexity index is 1410. The molecule has 0 aromatic heterocycles. The van der Waals surface area contributed by atoms with E-state index in [-0.39, 0.29) is 25.1 Å². The molecule has 0 spiro atoms. The van der Waals surface area contributed by atoms with Crippen LogP contribution in [-0.4, -0.2) is 120 Å². The molecule has 1 N–H and O–H groups in total. The average molecular weight is 761 g/mol. The van der Waals surface area contributed by atoms with Gasteiger partial charge in [0, 0.05) is 78.8 Å². The number of nitrogens with zero attached hydrogens (tertiary/aromatic N) is 5. The maximum atomic E-state index is 14.0. The van der Waals surface area contributed by atoms with Gasteiger partial charge in [-0.15, -0.1) is 0 Å². The topological polar surface area (TPSA) is 88.7 Å². The number of para-hydroxylation sites is 1. The fourth-order valence-electron chi connectivity index (χ4n) is 7.81. The Morgan fingerprint density at radius 1 is 0.957 bits per heavy atom. The summed E-state index contributed by atoms with van der Waals surface area (Å²) in [6.07, 6.45) is 4.84. The van der Waals surface area contributed by atoms with E-state index < -0.39 is 11.8 Å². The number of piperazine rings is 1. The van der Waals surface area contributed by atoms with Gasteiger partial charge in [-0.05, 0) is 107 Å². The number of nitrogens with one attached hydrogen (secondary N) is 1. The molecule has 0 radical (unpaired) electrons. The second kappa shape index (κ2) is 14.7. The molecule has 0 aliphatic carbocycles. The molecule has 3 fully saturated rings. The van der Waals surface area contributed by atoms with Gasteiger partial charge in [-0.1, -0.05) is 24.3 Å². The highest BCUT2D eigenvalue weighted by atomic mass is 79.9. The van der Waals surface area contributed by atoms with Gasteiger partial charge in [0.2, 0.25) is 0 Å². The quantitative estimate of drug-likeness (QED) is 0.379. The van der Waals surface area contributed by atoms with E-state index in [0.717, 1.165) is 90.6 Å². The molecule has 2 atom stereocenters. The van der Waals surface area contributed by atoms with Crippen LogP contribution >= 0.6 is 31.9 Å². The van der Waals surface area contributed by atoms with E-state index in [4.69, 9.17) is 4.74 Å². The van der Waals surface area contributed by atoms with Crippen LogP contribution in [0.3, 0.4) is 0 Å². The largest absolute Gasteiger partial charge is 0.445 e. The first-order chi connectivity index (χ1) is 22.3. The second-order valence-electron chi connectivity index (χ2n) is 13.0. The van der Waals surface area contributed by atoms with Crippen molar-refractivity contribution >= 4 is 56.0 Å². The SMILES string of the molecule is CN1CCC(N2CCN([C@]3(CC=O)C[C@H](N4CCc5ccccc5NC4=O)CCN3C(=O)OCc3ccc(Br)c(Br)c3)CC2)CC1. The second-order valence-corrected chi connectivity index (χ2v) is 14.8. The van der Waals surface area contributed by atoms with Gasteiger partial charge in [-0.3, -0.25) is 14.7 Å². The van der Waals surface area contributed by atoms with E-state index in [1.54, 1.807) is 4.90 Å². The van der Waals surface area contributed by atoms with Crippen LogP contribution in [0, 0.1) is 0 Å². The van der Waals surface area contributed by atoms with E-state index in [2.05, 4.69) is 65.0 Å². The van der Waals surface area contributed by atoms with E-state index in [1.165, 1.54) is 0 Å². The zero-order valence-electron chi connectivity index (χ0n) is 26.5. The number of piperidine rings is 2. The molecule has 3 amide bonds. The number of ether oxygens (including phenoxy) is 1. The summed E-state index contributed by atoms with van der Waals surface area (Å²) in [6, 6.07) is 14.0. The molecule has 4 heterocycles. The minimum Gasteiger partial charge on any atom is -0.445 e. The Balaban J connectivity index is 1.23. The first-order valence-electron chi connectivity index (χ1n) is 16.4. The Kier molecular flexibility index (Phi) is 10.7. The molecule has 2 aromatic carbocycles. The highest BCUT2D eigenvalue weighted by Crippen LogP contribution is 2.39. The number of anilines is 1. The van der Waals surface area contributed by atoms with Crippen molar-refractivity contribution in [3.8, 4) is 0 Å². The molecule has 4 aliphatic rings. The molecule has 4 aliphatic heterocycles. The van der Waals surface area contributed by atoms with Crippen LogP contribution in [0.2, 0.25) is 0 Å². The van der Waals surface area contributed by atoms with Crippen molar-refractivity contribution in [2.45, 2.75) is 62.9 Å². The molecular weight excluding hydrogens is 716 g/mol. The van der Waals surface area contributed by atoms with Gasteiger partial charge in [0.25, 0.3) is 0 Å². The minimum absolute atomic E-state index is 0.124. The van der Waals surface area contributed by atoms with Crippen LogP contribution in [0.5, 0.6) is 0 Å². The van der Waals surface area contributed by atoms with Gasteiger partial charge in [-0.2, -0.15) is 0 Å². The number of carbonyl (C=O) groups is 3. The number of amides is 3. The predicted molar refractivity (Wildman–Crippen MR) is 185 cm³/mol. The molecule has 248 valence electrons. The van der Waals surface area contributed by atoms with Crippen LogP contribution < -0.4 is 5.32 Å².